The van der Waals surface area contributed by atoms with Gasteiger partial charge in [0.25, 0.3) is 0 Å². The summed E-state index contributed by atoms with van der Waals surface area (Å²) >= 11 is 0. The quantitative estimate of drug-likeness (QED) is 0.232. The zero-order chi connectivity index (χ0) is 16.5. The highest BCUT2D eigenvalue weighted by Gasteiger charge is 2.06. The maximum atomic E-state index is 4.79. The molecule has 0 fully saturated rings. The van der Waals surface area contributed by atoms with Gasteiger partial charge >= 0.3 is 0 Å². The normalized spacial score (nSPS) is 11.0. The Bertz CT molecular complexity index is 664. The Morgan fingerprint density at radius 2 is 2.12 bits per heavy atom. The molecule has 0 aliphatic carbocycles. The van der Waals surface area contributed by atoms with Crippen LogP contribution in [0.3, 0.4) is 0 Å². The number of guanidine groups is 1. The lowest BCUT2D eigenvalue weighted by molar-refractivity contribution is 0.470. The fourth-order valence-corrected chi connectivity index (χ4v) is 2.50. The lowest BCUT2D eigenvalue weighted by Gasteiger charge is -2.21. The molecule has 130 valence electrons. The molecule has 0 aliphatic heterocycles. The van der Waals surface area contributed by atoms with Crippen LogP contribution in [0.4, 0.5) is 0 Å². The maximum absolute atomic E-state index is 4.79. The Morgan fingerprint density at radius 1 is 1.33 bits per heavy atom. The molecule has 1 aromatic heterocycles. The van der Waals surface area contributed by atoms with E-state index in [-0.39, 0.29) is 24.0 Å². The van der Waals surface area contributed by atoms with E-state index < -0.39 is 0 Å². The van der Waals surface area contributed by atoms with E-state index >= 15 is 0 Å². The summed E-state index contributed by atoms with van der Waals surface area (Å²) in [6.07, 6.45) is 5.93. The average molecular weight is 438 g/mol. The summed E-state index contributed by atoms with van der Waals surface area (Å²) in [5, 5.41) is 4.53. The Balaban J connectivity index is 0.00000288. The predicted molar refractivity (Wildman–Crippen MR) is 114 cm³/mol. The van der Waals surface area contributed by atoms with E-state index in [4.69, 9.17) is 4.99 Å². The lowest BCUT2D eigenvalue weighted by Crippen LogP contribution is -2.39. The lowest BCUT2D eigenvalue weighted by atomic mass is 10.1. The highest BCUT2D eigenvalue weighted by molar-refractivity contribution is 14.0. The fraction of sp³-hybridized carbons (Fsp3) is 0.368. The molecule has 0 radical (unpaired) electrons. The van der Waals surface area contributed by atoms with Gasteiger partial charge in [0.1, 0.15) is 0 Å². The summed E-state index contributed by atoms with van der Waals surface area (Å²) in [7, 11) is 2.08. The van der Waals surface area contributed by atoms with E-state index in [1.807, 2.05) is 36.5 Å². The molecule has 0 saturated carbocycles. The Morgan fingerprint density at radius 3 is 2.88 bits per heavy atom. The van der Waals surface area contributed by atoms with Crippen LogP contribution in [-0.2, 0) is 6.54 Å². The summed E-state index contributed by atoms with van der Waals surface area (Å²) in [6, 6.07) is 10.2. The Hall–Kier alpha value is -1.63. The van der Waals surface area contributed by atoms with Crippen LogP contribution < -0.4 is 5.32 Å². The van der Waals surface area contributed by atoms with Crippen LogP contribution >= 0.6 is 24.0 Å². The van der Waals surface area contributed by atoms with Gasteiger partial charge in [-0.25, -0.2) is 4.99 Å². The predicted octanol–water partition coefficient (Wildman–Crippen LogP) is 4.22. The number of pyridine rings is 1. The molecule has 0 saturated heterocycles. The number of rotatable bonds is 7. The largest absolute Gasteiger partial charge is 0.357 e. The number of allylic oxidation sites excluding steroid dienone is 1. The molecule has 0 amide bonds. The Labute approximate surface area is 162 Å². The standard InChI is InChI=1S/C19H26N4.HI/c1-4-6-9-14-23(3)19(20-5-2)22-15-16-12-13-21-18-11-8-7-10-17(16)18;/h4,7-8,10-13H,1,5-6,9,14-15H2,2-3H3,(H,20,22);1H. The number of hydrogen-bond acceptors (Lipinski definition) is 2. The topological polar surface area (TPSA) is 40.5 Å². The fourth-order valence-electron chi connectivity index (χ4n) is 2.50. The second-order valence-electron chi connectivity index (χ2n) is 5.51. The number of nitrogens with one attached hydrogen (secondary N) is 1. The van der Waals surface area contributed by atoms with Crippen molar-refractivity contribution in [3.8, 4) is 0 Å². The molecule has 0 bridgehead atoms. The van der Waals surface area contributed by atoms with E-state index in [2.05, 4.69) is 41.8 Å². The molecule has 24 heavy (non-hydrogen) atoms. The maximum Gasteiger partial charge on any atom is 0.193 e. The second-order valence-corrected chi connectivity index (χ2v) is 5.51. The van der Waals surface area contributed by atoms with Crippen molar-refractivity contribution in [3.05, 3.63) is 54.7 Å². The number of aromatic nitrogens is 1. The first kappa shape index (κ1) is 20.4. The molecule has 1 heterocycles. The van der Waals surface area contributed by atoms with Gasteiger partial charge in [-0.2, -0.15) is 0 Å². The van der Waals surface area contributed by atoms with Crippen molar-refractivity contribution in [1.82, 2.24) is 15.2 Å². The molecule has 0 atom stereocenters. The van der Waals surface area contributed by atoms with Crippen LogP contribution in [0.5, 0.6) is 0 Å². The first-order valence-corrected chi connectivity index (χ1v) is 8.19. The zero-order valence-electron chi connectivity index (χ0n) is 14.5. The van der Waals surface area contributed by atoms with E-state index in [9.17, 15) is 0 Å². The number of hydrogen-bond donors (Lipinski definition) is 1. The minimum atomic E-state index is 0. The molecule has 0 unspecified atom stereocenters. The zero-order valence-corrected chi connectivity index (χ0v) is 16.9. The average Bonchev–Trinajstić information content (AvgIpc) is 2.58. The first-order valence-electron chi connectivity index (χ1n) is 8.19. The number of nitrogens with zero attached hydrogens (tertiary/aromatic N) is 3. The number of fused-ring (bicyclic) bond motifs is 1. The van der Waals surface area contributed by atoms with E-state index in [1.165, 1.54) is 10.9 Å². The van der Waals surface area contributed by atoms with Crippen LogP contribution in [0.15, 0.2) is 54.2 Å². The van der Waals surface area contributed by atoms with Gasteiger partial charge < -0.3 is 10.2 Å². The molecule has 0 spiro atoms. The van der Waals surface area contributed by atoms with Crippen molar-refractivity contribution in [2.24, 2.45) is 4.99 Å². The van der Waals surface area contributed by atoms with Gasteiger partial charge in [0, 0.05) is 31.7 Å². The van der Waals surface area contributed by atoms with Crippen LogP contribution in [0, 0.1) is 0 Å². The van der Waals surface area contributed by atoms with E-state index in [1.54, 1.807) is 0 Å². The molecule has 0 aliphatic rings. The second kappa shape index (κ2) is 11.0. The van der Waals surface area contributed by atoms with Crippen molar-refractivity contribution < 1.29 is 0 Å². The van der Waals surface area contributed by atoms with Gasteiger partial charge in [-0.1, -0.05) is 24.3 Å². The minimum Gasteiger partial charge on any atom is -0.357 e. The van der Waals surface area contributed by atoms with Crippen LogP contribution in [0.2, 0.25) is 0 Å². The summed E-state index contributed by atoms with van der Waals surface area (Å²) in [4.78, 5) is 11.4. The van der Waals surface area contributed by atoms with Crippen LogP contribution in [0.1, 0.15) is 25.3 Å². The van der Waals surface area contributed by atoms with Crippen molar-refractivity contribution in [2.45, 2.75) is 26.3 Å². The molecule has 2 rings (SSSR count). The number of benzene rings is 1. The summed E-state index contributed by atoms with van der Waals surface area (Å²) in [5.41, 5.74) is 2.22. The SMILES string of the molecule is C=CCCCN(C)C(=NCc1ccnc2ccccc12)NCC.I. The van der Waals surface area contributed by atoms with E-state index in [0.29, 0.717) is 6.54 Å². The summed E-state index contributed by atoms with van der Waals surface area (Å²) < 4.78 is 0. The third-order valence-electron chi connectivity index (χ3n) is 3.74. The van der Waals surface area contributed by atoms with Gasteiger partial charge in [-0.05, 0) is 37.5 Å². The van der Waals surface area contributed by atoms with Gasteiger partial charge in [-0.3, -0.25) is 4.98 Å². The number of aliphatic imine (C=N–C) groups is 1. The molecule has 2 aromatic rings. The molecule has 1 N–H and O–H groups in total. The van der Waals surface area contributed by atoms with Gasteiger partial charge in [0.05, 0.1) is 12.1 Å². The number of para-hydroxylation sites is 1. The van der Waals surface area contributed by atoms with Gasteiger partial charge in [0.15, 0.2) is 5.96 Å². The smallest absolute Gasteiger partial charge is 0.193 e. The van der Waals surface area contributed by atoms with Gasteiger partial charge in [-0.15, -0.1) is 30.6 Å². The third-order valence-corrected chi connectivity index (χ3v) is 3.74. The molecular weight excluding hydrogens is 411 g/mol. The van der Waals surface area contributed by atoms with Crippen LogP contribution in [-0.4, -0.2) is 36.0 Å². The highest BCUT2D eigenvalue weighted by Crippen LogP contribution is 2.16. The number of unbranched alkanes of at least 4 members (excludes halogenated alkanes) is 1. The minimum absolute atomic E-state index is 0. The van der Waals surface area contributed by atoms with Crippen LogP contribution in [0.25, 0.3) is 10.9 Å². The monoisotopic (exact) mass is 438 g/mol. The van der Waals surface area contributed by atoms with E-state index in [0.717, 1.165) is 37.4 Å². The summed E-state index contributed by atoms with van der Waals surface area (Å²) in [5.74, 6) is 0.942. The third kappa shape index (κ3) is 5.78. The van der Waals surface area contributed by atoms with Gasteiger partial charge in [0.2, 0.25) is 0 Å². The molecule has 4 nitrogen and oxygen atoms in total. The first-order chi connectivity index (χ1) is 11.3. The Kier molecular flexibility index (Phi) is 9.37. The number of halogens is 1. The van der Waals surface area contributed by atoms with Crippen molar-refractivity contribution >= 4 is 40.8 Å². The van der Waals surface area contributed by atoms with Crippen molar-refractivity contribution in [2.75, 3.05) is 20.1 Å². The molecule has 5 heteroatoms. The summed E-state index contributed by atoms with van der Waals surface area (Å²) in [6.45, 7) is 8.35. The highest BCUT2D eigenvalue weighted by atomic mass is 127. The molecular formula is C19H27IN4. The van der Waals surface area contributed by atoms with Crippen molar-refractivity contribution in [1.29, 1.82) is 0 Å². The van der Waals surface area contributed by atoms with Crippen molar-refractivity contribution in [3.63, 3.8) is 0 Å². The molecule has 1 aromatic carbocycles.